The largest absolute Gasteiger partial charge is 0.482 e. The summed E-state index contributed by atoms with van der Waals surface area (Å²) in [5.41, 5.74) is -0.813. The number of benzene rings is 2. The number of rotatable bonds is 6. The number of nitrogens with one attached hydrogen (secondary N) is 1. The van der Waals surface area contributed by atoms with Gasteiger partial charge in [-0.05, 0) is 49.7 Å². The van der Waals surface area contributed by atoms with E-state index in [1.807, 2.05) is 0 Å². The van der Waals surface area contributed by atoms with Crippen molar-refractivity contribution in [2.75, 3.05) is 11.9 Å². The fraction of sp³-hybridized carbons (Fsp3) is 0.227. The molecule has 0 aliphatic rings. The monoisotopic (exact) mass is 483 g/mol. The van der Waals surface area contributed by atoms with Gasteiger partial charge in [-0.15, -0.1) is 0 Å². The van der Waals surface area contributed by atoms with E-state index < -0.39 is 42.0 Å². The van der Waals surface area contributed by atoms with E-state index in [9.17, 15) is 27.6 Å². The number of carbonyl (C=O) groups is 2. The number of aryl methyl sites for hydroxylation is 1. The van der Waals surface area contributed by atoms with Crippen molar-refractivity contribution >= 4 is 40.1 Å². The third-order valence-electron chi connectivity index (χ3n) is 4.51. The molecule has 1 heterocycles. The molecule has 1 atom stereocenters. The van der Waals surface area contributed by atoms with Crippen molar-refractivity contribution in [3.05, 3.63) is 69.0 Å². The molecule has 1 N–H and O–H groups in total. The lowest BCUT2D eigenvalue weighted by atomic mass is 10.1. The average Bonchev–Trinajstić information content (AvgIpc) is 2.72. The highest BCUT2D eigenvalue weighted by molar-refractivity contribution is 6.33. The zero-order chi connectivity index (χ0) is 24.3. The van der Waals surface area contributed by atoms with Crippen molar-refractivity contribution in [1.29, 1.82) is 0 Å². The number of alkyl halides is 3. The zero-order valence-corrected chi connectivity index (χ0v) is 18.0. The van der Waals surface area contributed by atoms with Crippen molar-refractivity contribution < 1.29 is 36.7 Å². The maximum absolute atomic E-state index is 12.9. The molecule has 0 aliphatic carbocycles. The molecule has 3 rings (SSSR count). The SMILES string of the molecule is Cc1cc(=O)oc2cc(OCC(=O)O[C@@H](C)C(=O)Nc3cc(C(F)(F)F)ccc3Cl)ccc12. The van der Waals surface area contributed by atoms with Gasteiger partial charge in [0.2, 0.25) is 0 Å². The van der Waals surface area contributed by atoms with Gasteiger partial charge in [-0.3, -0.25) is 4.79 Å². The Morgan fingerprint density at radius 1 is 1.15 bits per heavy atom. The molecule has 11 heteroatoms. The molecule has 0 saturated heterocycles. The van der Waals surface area contributed by atoms with Crippen molar-refractivity contribution in [3.63, 3.8) is 0 Å². The molecule has 0 aliphatic heterocycles. The van der Waals surface area contributed by atoms with Gasteiger partial charge in [0.25, 0.3) is 5.91 Å². The molecule has 0 radical (unpaired) electrons. The van der Waals surface area contributed by atoms with Crippen LogP contribution in [0.3, 0.4) is 0 Å². The van der Waals surface area contributed by atoms with Gasteiger partial charge < -0.3 is 19.2 Å². The van der Waals surface area contributed by atoms with Crippen LogP contribution in [0.1, 0.15) is 18.1 Å². The molecule has 0 saturated carbocycles. The topological polar surface area (TPSA) is 94.8 Å². The molecular formula is C22H17ClF3NO6. The van der Waals surface area contributed by atoms with E-state index in [2.05, 4.69) is 5.32 Å². The number of hydrogen-bond acceptors (Lipinski definition) is 6. The molecule has 33 heavy (non-hydrogen) atoms. The lowest BCUT2D eigenvalue weighted by Gasteiger charge is -2.16. The second-order valence-electron chi connectivity index (χ2n) is 7.01. The summed E-state index contributed by atoms with van der Waals surface area (Å²) < 4.78 is 53.9. The predicted octanol–water partition coefficient (Wildman–Crippen LogP) is 4.72. The highest BCUT2D eigenvalue weighted by atomic mass is 35.5. The molecule has 2 aromatic carbocycles. The van der Waals surface area contributed by atoms with E-state index in [0.29, 0.717) is 17.0 Å². The predicted molar refractivity (Wildman–Crippen MR) is 113 cm³/mol. The Hall–Kier alpha value is -3.53. The van der Waals surface area contributed by atoms with Gasteiger partial charge in [0.15, 0.2) is 12.7 Å². The van der Waals surface area contributed by atoms with Gasteiger partial charge in [-0.2, -0.15) is 13.2 Å². The Balaban J connectivity index is 1.59. The summed E-state index contributed by atoms with van der Waals surface area (Å²) >= 11 is 5.84. The smallest absolute Gasteiger partial charge is 0.416 e. The highest BCUT2D eigenvalue weighted by Crippen LogP contribution is 2.34. The van der Waals surface area contributed by atoms with Gasteiger partial charge >= 0.3 is 17.8 Å². The summed E-state index contributed by atoms with van der Waals surface area (Å²) in [4.78, 5) is 35.8. The Morgan fingerprint density at radius 3 is 2.58 bits per heavy atom. The summed E-state index contributed by atoms with van der Waals surface area (Å²) in [5.74, 6) is -1.56. The third kappa shape index (κ3) is 6.04. The van der Waals surface area contributed by atoms with Crippen LogP contribution in [0.15, 0.2) is 51.7 Å². The van der Waals surface area contributed by atoms with E-state index in [-0.39, 0.29) is 22.0 Å². The van der Waals surface area contributed by atoms with Crippen LogP contribution in [0.25, 0.3) is 11.0 Å². The van der Waals surface area contributed by atoms with Gasteiger partial charge in [0, 0.05) is 17.5 Å². The van der Waals surface area contributed by atoms with Gasteiger partial charge in [0.05, 0.1) is 16.3 Å². The summed E-state index contributed by atoms with van der Waals surface area (Å²) in [5, 5.41) is 2.78. The van der Waals surface area contributed by atoms with Crippen molar-refractivity contribution in [1.82, 2.24) is 0 Å². The standard InChI is InChI=1S/C22H17ClF3NO6/c1-11-7-19(28)33-18-9-14(4-5-15(11)18)31-10-20(29)32-12(2)21(30)27-17-8-13(22(24,25)26)3-6-16(17)23/h3-9,12H,10H2,1-2H3,(H,27,30)/t12-/m0/s1. The minimum Gasteiger partial charge on any atom is -0.482 e. The van der Waals surface area contributed by atoms with Crippen LogP contribution in [0, 0.1) is 6.92 Å². The number of halogens is 4. The minimum absolute atomic E-state index is 0.114. The van der Waals surface area contributed by atoms with Crippen LogP contribution in [-0.2, 0) is 20.5 Å². The first kappa shape index (κ1) is 24.1. The molecule has 0 unspecified atom stereocenters. The lowest BCUT2D eigenvalue weighted by molar-refractivity contribution is -0.155. The molecule has 0 fully saturated rings. The van der Waals surface area contributed by atoms with Crippen LogP contribution >= 0.6 is 11.6 Å². The number of fused-ring (bicyclic) bond motifs is 1. The number of ether oxygens (including phenoxy) is 2. The molecule has 174 valence electrons. The van der Waals surface area contributed by atoms with Gasteiger partial charge in [0.1, 0.15) is 11.3 Å². The fourth-order valence-corrected chi connectivity index (χ4v) is 3.02. The fourth-order valence-electron chi connectivity index (χ4n) is 2.85. The Bertz CT molecular complexity index is 1270. The molecule has 1 aromatic heterocycles. The first-order chi connectivity index (χ1) is 15.4. The third-order valence-corrected chi connectivity index (χ3v) is 4.84. The Morgan fingerprint density at radius 2 is 1.88 bits per heavy atom. The summed E-state index contributed by atoms with van der Waals surface area (Å²) in [7, 11) is 0. The number of amides is 1. The van der Waals surface area contributed by atoms with E-state index in [1.165, 1.54) is 19.1 Å². The minimum atomic E-state index is -4.62. The van der Waals surface area contributed by atoms with Crippen LogP contribution in [0.2, 0.25) is 5.02 Å². The van der Waals surface area contributed by atoms with Crippen LogP contribution in [0.5, 0.6) is 5.75 Å². The molecule has 7 nitrogen and oxygen atoms in total. The van der Waals surface area contributed by atoms with Crippen molar-refractivity contribution in [2.24, 2.45) is 0 Å². The first-order valence-corrected chi connectivity index (χ1v) is 9.86. The van der Waals surface area contributed by atoms with Gasteiger partial charge in [-0.1, -0.05) is 11.6 Å². The van der Waals surface area contributed by atoms with Crippen LogP contribution in [0.4, 0.5) is 18.9 Å². The lowest BCUT2D eigenvalue weighted by Crippen LogP contribution is -2.31. The van der Waals surface area contributed by atoms with E-state index in [4.69, 9.17) is 25.5 Å². The van der Waals surface area contributed by atoms with E-state index in [1.54, 1.807) is 19.1 Å². The maximum atomic E-state index is 12.9. The van der Waals surface area contributed by atoms with Crippen molar-refractivity contribution in [2.45, 2.75) is 26.1 Å². The van der Waals surface area contributed by atoms with Crippen LogP contribution in [-0.4, -0.2) is 24.6 Å². The van der Waals surface area contributed by atoms with Crippen LogP contribution < -0.4 is 15.7 Å². The summed E-state index contributed by atoms with van der Waals surface area (Å²) in [6.45, 7) is 2.42. The quantitative estimate of drug-likeness (QED) is 0.402. The van der Waals surface area contributed by atoms with E-state index >= 15 is 0 Å². The molecule has 0 spiro atoms. The highest BCUT2D eigenvalue weighted by Gasteiger charge is 2.31. The Labute approximate surface area is 190 Å². The summed E-state index contributed by atoms with van der Waals surface area (Å²) in [6, 6.07) is 8.45. The molecular weight excluding hydrogens is 467 g/mol. The second-order valence-corrected chi connectivity index (χ2v) is 7.42. The first-order valence-electron chi connectivity index (χ1n) is 9.48. The number of esters is 1. The Kier molecular flexibility index (Phi) is 6.97. The van der Waals surface area contributed by atoms with E-state index in [0.717, 1.165) is 12.1 Å². The number of anilines is 1. The van der Waals surface area contributed by atoms with Gasteiger partial charge in [-0.25, -0.2) is 9.59 Å². The molecule has 3 aromatic rings. The second kappa shape index (κ2) is 9.53. The molecule has 0 bridgehead atoms. The zero-order valence-electron chi connectivity index (χ0n) is 17.3. The maximum Gasteiger partial charge on any atom is 0.416 e. The number of hydrogen-bond donors (Lipinski definition) is 1. The average molecular weight is 484 g/mol. The number of carbonyl (C=O) groups excluding carboxylic acids is 2. The normalized spacial score (nSPS) is 12.3. The van der Waals surface area contributed by atoms with Crippen molar-refractivity contribution in [3.8, 4) is 5.75 Å². The summed E-state index contributed by atoms with van der Waals surface area (Å²) in [6.07, 6.45) is -5.97. The molecule has 1 amide bonds.